The SMILES string of the molecule is C=CCOC(=O)N1C[C@H](O)C[C@@H]1c1ccc(C=O)cc1. The third-order valence-electron chi connectivity index (χ3n) is 3.30. The number of hydrogen-bond acceptors (Lipinski definition) is 4. The maximum atomic E-state index is 11.9. The number of ether oxygens (including phenoxy) is 1. The number of rotatable bonds is 4. The third-order valence-corrected chi connectivity index (χ3v) is 3.30. The van der Waals surface area contributed by atoms with Crippen molar-refractivity contribution in [3.8, 4) is 0 Å². The Balaban J connectivity index is 2.16. The highest BCUT2D eigenvalue weighted by atomic mass is 16.6. The van der Waals surface area contributed by atoms with E-state index in [1.165, 1.54) is 11.0 Å². The molecular weight excluding hydrogens is 258 g/mol. The van der Waals surface area contributed by atoms with E-state index >= 15 is 0 Å². The van der Waals surface area contributed by atoms with Gasteiger partial charge >= 0.3 is 6.09 Å². The lowest BCUT2D eigenvalue weighted by Crippen LogP contribution is -2.32. The summed E-state index contributed by atoms with van der Waals surface area (Å²) in [5.74, 6) is 0. The minimum atomic E-state index is -0.568. The number of carbonyl (C=O) groups is 2. The molecule has 0 unspecified atom stereocenters. The summed E-state index contributed by atoms with van der Waals surface area (Å²) >= 11 is 0. The lowest BCUT2D eigenvalue weighted by Gasteiger charge is -2.23. The molecule has 1 heterocycles. The molecular formula is C15H17NO4. The van der Waals surface area contributed by atoms with E-state index in [0.29, 0.717) is 12.0 Å². The Labute approximate surface area is 117 Å². The molecule has 1 aliphatic heterocycles. The molecule has 0 saturated carbocycles. The van der Waals surface area contributed by atoms with Crippen molar-refractivity contribution in [1.82, 2.24) is 4.90 Å². The average molecular weight is 275 g/mol. The molecule has 1 fully saturated rings. The van der Waals surface area contributed by atoms with Gasteiger partial charge in [-0.1, -0.05) is 36.9 Å². The van der Waals surface area contributed by atoms with Crippen LogP contribution in [0.1, 0.15) is 28.4 Å². The van der Waals surface area contributed by atoms with Crippen LogP contribution >= 0.6 is 0 Å². The van der Waals surface area contributed by atoms with Gasteiger partial charge in [0.2, 0.25) is 0 Å². The Kier molecular flexibility index (Phi) is 4.53. The molecule has 20 heavy (non-hydrogen) atoms. The number of likely N-dealkylation sites (tertiary alicyclic amines) is 1. The van der Waals surface area contributed by atoms with Gasteiger partial charge in [-0.25, -0.2) is 4.79 Å². The zero-order chi connectivity index (χ0) is 14.5. The van der Waals surface area contributed by atoms with Gasteiger partial charge < -0.3 is 9.84 Å². The first kappa shape index (κ1) is 14.3. The number of benzene rings is 1. The van der Waals surface area contributed by atoms with Gasteiger partial charge in [0.25, 0.3) is 0 Å². The van der Waals surface area contributed by atoms with E-state index in [1.54, 1.807) is 24.3 Å². The van der Waals surface area contributed by atoms with Crippen molar-refractivity contribution >= 4 is 12.4 Å². The normalized spacial score (nSPS) is 21.6. The van der Waals surface area contributed by atoms with Crippen LogP contribution in [0.5, 0.6) is 0 Å². The predicted molar refractivity (Wildman–Crippen MR) is 73.4 cm³/mol. The van der Waals surface area contributed by atoms with Crippen molar-refractivity contribution in [3.63, 3.8) is 0 Å². The number of aliphatic hydroxyl groups excluding tert-OH is 1. The van der Waals surface area contributed by atoms with Crippen molar-refractivity contribution in [2.75, 3.05) is 13.2 Å². The Bertz CT molecular complexity index is 497. The number of amides is 1. The van der Waals surface area contributed by atoms with Gasteiger partial charge in [-0.05, 0) is 12.0 Å². The van der Waals surface area contributed by atoms with E-state index in [9.17, 15) is 14.7 Å². The van der Waals surface area contributed by atoms with Crippen LogP contribution < -0.4 is 0 Å². The minimum Gasteiger partial charge on any atom is -0.445 e. The fourth-order valence-electron chi connectivity index (χ4n) is 2.34. The third kappa shape index (κ3) is 3.05. The molecule has 1 aromatic carbocycles. The second kappa shape index (κ2) is 6.34. The molecule has 1 saturated heterocycles. The Morgan fingerprint density at radius 3 is 2.75 bits per heavy atom. The number of carbonyl (C=O) groups excluding carboxylic acids is 2. The highest BCUT2D eigenvalue weighted by molar-refractivity contribution is 5.74. The van der Waals surface area contributed by atoms with E-state index in [1.807, 2.05) is 0 Å². The number of β-amino-alcohol motifs (C(OH)–C–C–N with tert-alkyl or cyclic N) is 1. The number of aldehydes is 1. The smallest absolute Gasteiger partial charge is 0.410 e. The van der Waals surface area contributed by atoms with Gasteiger partial charge in [-0.2, -0.15) is 0 Å². The van der Waals surface area contributed by atoms with Crippen molar-refractivity contribution in [2.45, 2.75) is 18.6 Å². The lowest BCUT2D eigenvalue weighted by molar-refractivity contribution is 0.102. The van der Waals surface area contributed by atoms with E-state index in [4.69, 9.17) is 4.74 Å². The Morgan fingerprint density at radius 1 is 1.45 bits per heavy atom. The summed E-state index contributed by atoms with van der Waals surface area (Å²) in [5, 5.41) is 9.78. The highest BCUT2D eigenvalue weighted by Gasteiger charge is 2.36. The maximum absolute atomic E-state index is 11.9. The van der Waals surface area contributed by atoms with Crippen LogP contribution in [0.15, 0.2) is 36.9 Å². The summed E-state index contributed by atoms with van der Waals surface area (Å²) in [6.45, 7) is 3.88. The van der Waals surface area contributed by atoms with Crippen LogP contribution in [0.2, 0.25) is 0 Å². The van der Waals surface area contributed by atoms with Gasteiger partial charge in [0.05, 0.1) is 18.7 Å². The summed E-state index contributed by atoms with van der Waals surface area (Å²) in [6.07, 6.45) is 1.69. The second-order valence-electron chi connectivity index (χ2n) is 4.71. The zero-order valence-electron chi connectivity index (χ0n) is 11.1. The maximum Gasteiger partial charge on any atom is 0.410 e. The summed E-state index contributed by atoms with van der Waals surface area (Å²) in [5.41, 5.74) is 1.45. The topological polar surface area (TPSA) is 66.8 Å². The first-order chi connectivity index (χ1) is 9.65. The molecule has 1 aromatic rings. The largest absolute Gasteiger partial charge is 0.445 e. The molecule has 5 nitrogen and oxygen atoms in total. The molecule has 2 rings (SSSR count). The standard InChI is InChI=1S/C15H17NO4/c1-2-7-20-15(19)16-9-13(18)8-14(16)12-5-3-11(10-17)4-6-12/h2-6,10,13-14,18H,1,7-9H2/t13-,14-/m1/s1. The van der Waals surface area contributed by atoms with Crippen molar-refractivity contribution in [2.24, 2.45) is 0 Å². The molecule has 5 heteroatoms. The Hall–Kier alpha value is -2.14. The van der Waals surface area contributed by atoms with Crippen LogP contribution in [-0.4, -0.2) is 41.6 Å². The summed E-state index contributed by atoms with van der Waals surface area (Å²) in [7, 11) is 0. The van der Waals surface area contributed by atoms with E-state index < -0.39 is 12.2 Å². The molecule has 1 aliphatic rings. The summed E-state index contributed by atoms with van der Waals surface area (Å²) < 4.78 is 5.02. The van der Waals surface area contributed by atoms with Crippen LogP contribution in [-0.2, 0) is 4.74 Å². The van der Waals surface area contributed by atoms with E-state index in [2.05, 4.69) is 6.58 Å². The van der Waals surface area contributed by atoms with Crippen LogP contribution in [0.3, 0.4) is 0 Å². The predicted octanol–water partition coefficient (Wildman–Crippen LogP) is 1.93. The molecule has 0 bridgehead atoms. The van der Waals surface area contributed by atoms with Crippen molar-refractivity contribution < 1.29 is 19.4 Å². The van der Waals surface area contributed by atoms with Gasteiger partial charge in [0.15, 0.2) is 0 Å². The van der Waals surface area contributed by atoms with Crippen LogP contribution in [0, 0.1) is 0 Å². The van der Waals surface area contributed by atoms with Gasteiger partial charge in [0, 0.05) is 5.56 Å². The molecule has 0 aromatic heterocycles. The lowest BCUT2D eigenvalue weighted by atomic mass is 10.0. The quantitative estimate of drug-likeness (QED) is 0.673. The first-order valence-electron chi connectivity index (χ1n) is 6.43. The van der Waals surface area contributed by atoms with Crippen LogP contribution in [0.25, 0.3) is 0 Å². The van der Waals surface area contributed by atoms with Crippen LogP contribution in [0.4, 0.5) is 4.79 Å². The monoisotopic (exact) mass is 275 g/mol. The molecule has 0 spiro atoms. The zero-order valence-corrected chi connectivity index (χ0v) is 11.1. The fraction of sp³-hybridized carbons (Fsp3) is 0.333. The average Bonchev–Trinajstić information content (AvgIpc) is 2.87. The highest BCUT2D eigenvalue weighted by Crippen LogP contribution is 2.32. The van der Waals surface area contributed by atoms with E-state index in [0.717, 1.165) is 11.8 Å². The van der Waals surface area contributed by atoms with Gasteiger partial charge in [-0.15, -0.1) is 0 Å². The molecule has 2 atom stereocenters. The molecule has 1 amide bonds. The first-order valence-corrected chi connectivity index (χ1v) is 6.43. The molecule has 106 valence electrons. The van der Waals surface area contributed by atoms with Gasteiger partial charge in [0.1, 0.15) is 12.9 Å². The van der Waals surface area contributed by atoms with Crippen molar-refractivity contribution in [3.05, 3.63) is 48.0 Å². The second-order valence-corrected chi connectivity index (χ2v) is 4.71. The summed E-state index contributed by atoms with van der Waals surface area (Å²) in [4.78, 5) is 24.1. The van der Waals surface area contributed by atoms with Crippen molar-refractivity contribution in [1.29, 1.82) is 0 Å². The molecule has 1 N–H and O–H groups in total. The number of aliphatic hydroxyl groups is 1. The number of nitrogens with zero attached hydrogens (tertiary/aromatic N) is 1. The molecule has 0 aliphatic carbocycles. The fourth-order valence-corrected chi connectivity index (χ4v) is 2.34. The molecule has 0 radical (unpaired) electrons. The summed E-state index contributed by atoms with van der Waals surface area (Å²) in [6, 6.07) is 6.74. The van der Waals surface area contributed by atoms with Gasteiger partial charge in [-0.3, -0.25) is 9.69 Å². The number of hydrogen-bond donors (Lipinski definition) is 1. The minimum absolute atomic E-state index is 0.141. The van der Waals surface area contributed by atoms with E-state index in [-0.39, 0.29) is 19.2 Å². The Morgan fingerprint density at radius 2 is 2.15 bits per heavy atom.